The lowest BCUT2D eigenvalue weighted by Gasteiger charge is -2.38. The van der Waals surface area contributed by atoms with Crippen LogP contribution in [0.25, 0.3) is 44.3 Å². The minimum absolute atomic E-state index is 0.153. The maximum Gasteiger partial charge on any atom is 0.119 e. The molecule has 4 aliphatic heterocycles. The first-order chi connectivity index (χ1) is 63.9. The Labute approximate surface area is 836 Å². The molecular weight excluding hydrogens is 1670 g/mol. The van der Waals surface area contributed by atoms with Crippen LogP contribution in [0.5, 0.6) is 11.5 Å². The number of rotatable bonds is 6. The van der Waals surface area contributed by atoms with Gasteiger partial charge < -0.3 is 14.6 Å². The lowest BCUT2D eigenvalue weighted by molar-refractivity contribution is 0.301. The van der Waals surface area contributed by atoms with E-state index in [0.717, 1.165) is 122 Å². The molecule has 0 saturated carbocycles. The molecule has 11 aromatic rings. The largest absolute Gasteiger partial charge is 0.494 e. The average molecular weight is 1840 g/mol. The van der Waals surface area contributed by atoms with Crippen molar-refractivity contribution < 1.29 is 14.6 Å². The van der Waals surface area contributed by atoms with Crippen LogP contribution in [0.4, 0.5) is 0 Å². The fourth-order valence-electron chi connectivity index (χ4n) is 17.4. The quantitative estimate of drug-likeness (QED) is 0.102. The summed E-state index contributed by atoms with van der Waals surface area (Å²) in [5, 5.41) is 9.17. The maximum atomic E-state index is 7.00. The van der Waals surface area contributed by atoms with Crippen molar-refractivity contribution in [3.05, 3.63) is 294 Å². The van der Waals surface area contributed by atoms with Gasteiger partial charge in [0.05, 0.1) is 35.6 Å². The molecule has 8 bridgehead atoms. The predicted octanol–water partition coefficient (Wildman–Crippen LogP) is 33.3. The Hall–Kier alpha value is -11.3. The molecule has 138 heavy (non-hydrogen) atoms. The normalized spacial score (nSPS) is 13.6. The Morgan fingerprint density at radius 1 is 0.196 bits per heavy atom. The zero-order valence-electron chi connectivity index (χ0n) is 91.7. The van der Waals surface area contributed by atoms with Gasteiger partial charge in [-0.1, -0.05) is 433 Å². The maximum absolute atomic E-state index is 7.00. The van der Waals surface area contributed by atoms with E-state index in [1.807, 2.05) is 0 Å². The van der Waals surface area contributed by atoms with Gasteiger partial charge in [-0.2, -0.15) is 0 Å². The summed E-state index contributed by atoms with van der Waals surface area (Å²) in [6.45, 7) is 85.1. The van der Waals surface area contributed by atoms with Gasteiger partial charge in [0.25, 0.3) is 0 Å². The number of aliphatic hydroxyl groups excluding tert-OH is 1. The summed E-state index contributed by atoms with van der Waals surface area (Å²) in [6, 6.07) is 73.1. The van der Waals surface area contributed by atoms with E-state index in [-0.39, 0.29) is 65.0 Å². The van der Waals surface area contributed by atoms with Crippen LogP contribution < -0.4 is 9.47 Å². The lowest BCUT2D eigenvalue weighted by atomic mass is 9.64. The van der Waals surface area contributed by atoms with Gasteiger partial charge in [-0.05, 0) is 298 Å². The summed E-state index contributed by atoms with van der Waals surface area (Å²) in [5.74, 6) is 41.8. The van der Waals surface area contributed by atoms with Crippen molar-refractivity contribution in [2.24, 2.45) is 0 Å². The van der Waals surface area contributed by atoms with E-state index >= 15 is 0 Å². The van der Waals surface area contributed by atoms with Crippen molar-refractivity contribution in [1.82, 2.24) is 9.97 Å². The van der Waals surface area contributed by atoms with Gasteiger partial charge >= 0.3 is 0 Å². The fourth-order valence-corrected chi connectivity index (χ4v) is 17.4. The van der Waals surface area contributed by atoms with Crippen molar-refractivity contribution in [2.75, 3.05) is 20.3 Å². The predicted molar refractivity (Wildman–Crippen MR) is 593 cm³/mol. The fraction of sp³-hybridized carbons (Fsp3) is 0.459. The van der Waals surface area contributed by atoms with Gasteiger partial charge in [-0.25, -0.2) is 9.97 Å². The molecule has 1 N–H and O–H groups in total. The van der Waals surface area contributed by atoms with E-state index in [9.17, 15) is 0 Å². The van der Waals surface area contributed by atoms with Crippen LogP contribution in [0.3, 0.4) is 0 Å². The molecule has 5 heteroatoms. The zero-order valence-corrected chi connectivity index (χ0v) is 91.7. The van der Waals surface area contributed by atoms with Crippen molar-refractivity contribution in [2.45, 2.75) is 376 Å². The average Bonchev–Trinajstić information content (AvgIpc) is 0.727. The van der Waals surface area contributed by atoms with Crippen LogP contribution in [0.1, 0.15) is 401 Å². The Bertz CT molecular complexity index is 5630. The second-order valence-electron chi connectivity index (χ2n) is 51.0. The third-order valence-electron chi connectivity index (χ3n) is 27.0. The number of nitrogens with zero attached hydrogens (tertiary/aromatic N) is 2. The van der Waals surface area contributed by atoms with Crippen molar-refractivity contribution >= 4 is 21.8 Å². The zero-order chi connectivity index (χ0) is 102. The van der Waals surface area contributed by atoms with Gasteiger partial charge in [-0.3, -0.25) is 0 Å². The Morgan fingerprint density at radius 2 is 0.355 bits per heavy atom. The Balaban J connectivity index is 0.000000403. The summed E-state index contributed by atoms with van der Waals surface area (Å²) in [6.07, 6.45) is 9.82. The van der Waals surface area contributed by atoms with Crippen LogP contribution >= 0.6 is 0 Å². The van der Waals surface area contributed by atoms with E-state index in [1.165, 1.54) is 105 Å². The third-order valence-corrected chi connectivity index (χ3v) is 27.0. The SMILES string of the molecule is CC(C)(C)c1cc(C(C)(C)C)cc(C(C#CC#CC#CC#CC#CC#CC(c2cc(C(C)(C)C)cc(C(C)(C)C)c2)(c2cc(C(C)(C)C)cc(C(C)(C)C)c2)c2cc(C(C)(C)C)cc(C(C)(C)C)c2)(c2cc(C(C)(C)C)cc(C(C)(C)C)c2)c2cc(C(C)(C)C)cc(C(C)(C)C)c2)c1.CO.c1cc2ccc1OCCCCCCCCCCOc1ccc(cc1)-c1ccc3ccc4ccc-2nc4c3n1. The number of pyridine rings is 2. The molecule has 15 rings (SSSR count). The first-order valence-electron chi connectivity index (χ1n) is 50.6. The van der Waals surface area contributed by atoms with Crippen LogP contribution in [0.2, 0.25) is 0 Å². The van der Waals surface area contributed by atoms with Gasteiger partial charge in [-0.15, -0.1) is 0 Å². The summed E-state index contributed by atoms with van der Waals surface area (Å²) in [4.78, 5) is 10.1. The van der Waals surface area contributed by atoms with E-state index in [2.05, 4.69) is 514 Å². The number of benzene rings is 9. The first-order valence-corrected chi connectivity index (χ1v) is 50.6. The van der Waals surface area contributed by atoms with Crippen molar-refractivity contribution in [3.8, 4) is 105 Å². The molecule has 0 radical (unpaired) electrons. The Morgan fingerprint density at radius 3 is 0.536 bits per heavy atom. The molecule has 9 aromatic carbocycles. The summed E-state index contributed by atoms with van der Waals surface area (Å²) in [7, 11) is 1.00. The minimum atomic E-state index is -0.973. The van der Waals surface area contributed by atoms with Crippen LogP contribution in [-0.2, 0) is 75.8 Å². The second-order valence-corrected chi connectivity index (χ2v) is 51.0. The monoisotopic (exact) mass is 1840 g/mol. The highest BCUT2D eigenvalue weighted by atomic mass is 16.5. The van der Waals surface area contributed by atoms with Gasteiger partial charge in [0.2, 0.25) is 0 Å². The summed E-state index contributed by atoms with van der Waals surface area (Å²) < 4.78 is 12.0. The van der Waals surface area contributed by atoms with Gasteiger partial charge in [0, 0.05) is 29.0 Å². The smallest absolute Gasteiger partial charge is 0.119 e. The topological polar surface area (TPSA) is 64.5 Å². The van der Waals surface area contributed by atoms with Gasteiger partial charge in [0.15, 0.2) is 0 Å². The molecule has 0 atom stereocenters. The Kier molecular flexibility index (Phi) is 33.4. The molecule has 0 fully saturated rings. The second kappa shape index (κ2) is 42.4. The molecule has 4 aliphatic rings. The highest BCUT2D eigenvalue weighted by Gasteiger charge is 2.44. The standard InChI is InChI=1S/C98H126.C34H34N2O2.CH4O/c1-85(2,3)67-49-68(86(4,5)6)56-79(55-67)97(80-57-69(87(7,8)9)50-70(58-80)88(10,11)12,81-59-71(89(13,14)15)51-72(60-81)90(16,17)18)47-45-43-41-39-37-38-40-42-44-46-48-98(82-61-73(91(19,20)21)52-74(62-82)92(22,23)24,83-63-75(93(25,26)27)53-76(64-83)94(28,29)30)84-65-77(95(31,32)33)54-78(66-84)96(34,35)36;1-2-4-6-8-24-38-30-19-13-26(14-20-30)32-22-16-28-10-9-27-15-21-31(35-33(27)34(28)36-32)25-11-17-29(18-12-25)37-23-7-5-3-1;1-2/h49-66H,1-36H3;9-22H,1-8,23-24H2;2H,1H3. The van der Waals surface area contributed by atoms with Crippen molar-refractivity contribution in [1.29, 1.82) is 0 Å². The first kappa shape index (κ1) is 109. The van der Waals surface area contributed by atoms with E-state index in [4.69, 9.17) is 24.5 Å². The number of hydrogen-bond donors (Lipinski definition) is 1. The molecule has 0 saturated heterocycles. The van der Waals surface area contributed by atoms with Crippen LogP contribution in [0.15, 0.2) is 194 Å². The van der Waals surface area contributed by atoms with Crippen molar-refractivity contribution in [3.63, 3.8) is 0 Å². The molecule has 0 spiro atoms. The highest BCUT2D eigenvalue weighted by molar-refractivity contribution is 6.04. The van der Waals surface area contributed by atoms with E-state index < -0.39 is 10.8 Å². The number of ether oxygens (including phenoxy) is 2. The molecule has 6 heterocycles. The molecule has 724 valence electrons. The molecular formula is C133H164N2O3. The molecule has 0 amide bonds. The molecule has 0 unspecified atom stereocenters. The highest BCUT2D eigenvalue weighted by Crippen LogP contribution is 2.51. The summed E-state index contributed by atoms with van der Waals surface area (Å²) >= 11 is 0. The molecule has 0 aliphatic carbocycles. The number of hydrogen-bond acceptors (Lipinski definition) is 5. The van der Waals surface area contributed by atoms with E-state index in [0.29, 0.717) is 0 Å². The van der Waals surface area contributed by atoms with Gasteiger partial charge in [0.1, 0.15) is 22.3 Å². The minimum Gasteiger partial charge on any atom is -0.494 e. The number of aromatic nitrogens is 2. The lowest BCUT2D eigenvalue weighted by Crippen LogP contribution is -2.32. The molecule has 2 aromatic heterocycles. The van der Waals surface area contributed by atoms with Crippen LogP contribution in [0, 0.1) is 71.0 Å². The third kappa shape index (κ3) is 27.4. The number of aliphatic hydroxyl groups is 1. The van der Waals surface area contributed by atoms with E-state index in [1.54, 1.807) is 0 Å². The summed E-state index contributed by atoms with van der Waals surface area (Å²) in [5.41, 5.74) is 24.1. The van der Waals surface area contributed by atoms with Crippen LogP contribution in [-0.4, -0.2) is 35.4 Å². The molecule has 5 nitrogen and oxygen atoms in total.